The molecule has 0 radical (unpaired) electrons. The van der Waals surface area contributed by atoms with Gasteiger partial charge in [-0.3, -0.25) is 4.79 Å². The summed E-state index contributed by atoms with van der Waals surface area (Å²) in [5.74, 6) is 1.16. The molecule has 0 heterocycles. The Bertz CT molecular complexity index is 433. The molecule has 2 heteroatoms. The van der Waals surface area contributed by atoms with E-state index in [4.69, 9.17) is 4.74 Å². The summed E-state index contributed by atoms with van der Waals surface area (Å²) in [7, 11) is 0. The van der Waals surface area contributed by atoms with Gasteiger partial charge in [0.05, 0.1) is 6.61 Å². The third kappa shape index (κ3) is 3.12. The number of hydrogen-bond acceptors (Lipinski definition) is 2. The predicted octanol–water partition coefficient (Wildman–Crippen LogP) is 4.38. The van der Waals surface area contributed by atoms with Gasteiger partial charge in [0.25, 0.3) is 0 Å². The summed E-state index contributed by atoms with van der Waals surface area (Å²) in [4.78, 5) is 12.2. The van der Waals surface area contributed by atoms with E-state index in [9.17, 15) is 4.79 Å². The van der Waals surface area contributed by atoms with E-state index in [2.05, 4.69) is 6.92 Å². The van der Waals surface area contributed by atoms with E-state index < -0.39 is 0 Å². The summed E-state index contributed by atoms with van der Waals surface area (Å²) >= 11 is 0. The second-order valence-electron chi connectivity index (χ2n) is 4.78. The average molecular weight is 248 g/mol. The van der Waals surface area contributed by atoms with Crippen LogP contribution in [0.4, 0.5) is 0 Å². The van der Waals surface area contributed by atoms with Gasteiger partial charge < -0.3 is 4.74 Å². The molecule has 0 N–H and O–H groups in total. The number of aryl methyl sites for hydroxylation is 1. The van der Waals surface area contributed by atoms with Crippen LogP contribution in [0.15, 0.2) is 6.07 Å². The monoisotopic (exact) mass is 248 g/mol. The Morgan fingerprint density at radius 1 is 1.17 bits per heavy atom. The molecule has 100 valence electrons. The molecule has 0 fully saturated rings. The van der Waals surface area contributed by atoms with Crippen LogP contribution in [0, 0.1) is 20.8 Å². The second kappa shape index (κ2) is 6.58. The van der Waals surface area contributed by atoms with E-state index >= 15 is 0 Å². The number of carbonyl (C=O) groups excluding carboxylic acids is 1. The smallest absolute Gasteiger partial charge is 0.163 e. The van der Waals surface area contributed by atoms with Crippen molar-refractivity contribution < 1.29 is 9.53 Å². The molecule has 0 aromatic heterocycles. The van der Waals surface area contributed by atoms with E-state index in [1.807, 2.05) is 33.8 Å². The molecular formula is C16H24O2. The Balaban J connectivity index is 3.13. The first kappa shape index (κ1) is 14.7. The highest BCUT2D eigenvalue weighted by molar-refractivity contribution is 5.99. The summed E-state index contributed by atoms with van der Waals surface area (Å²) in [6.45, 7) is 10.8. The van der Waals surface area contributed by atoms with Crippen molar-refractivity contribution in [1.82, 2.24) is 0 Å². The third-order valence-electron chi connectivity index (χ3n) is 3.39. The van der Waals surface area contributed by atoms with Crippen molar-refractivity contribution in [3.8, 4) is 5.75 Å². The number of carbonyl (C=O) groups is 1. The largest absolute Gasteiger partial charge is 0.494 e. The van der Waals surface area contributed by atoms with Gasteiger partial charge in [0.2, 0.25) is 0 Å². The van der Waals surface area contributed by atoms with Crippen LogP contribution in [0.25, 0.3) is 0 Å². The maximum atomic E-state index is 12.2. The fraction of sp³-hybridized carbons (Fsp3) is 0.562. The van der Waals surface area contributed by atoms with Crippen LogP contribution in [0.2, 0.25) is 0 Å². The fourth-order valence-corrected chi connectivity index (χ4v) is 2.24. The van der Waals surface area contributed by atoms with Crippen LogP contribution in [0.5, 0.6) is 5.75 Å². The lowest BCUT2D eigenvalue weighted by molar-refractivity contribution is 0.0978. The minimum atomic E-state index is 0.262. The zero-order chi connectivity index (χ0) is 13.7. The molecule has 2 nitrogen and oxygen atoms in total. The van der Waals surface area contributed by atoms with Gasteiger partial charge in [-0.25, -0.2) is 0 Å². The Kier molecular flexibility index (Phi) is 5.39. The number of unbranched alkanes of at least 4 members (excludes halogenated alkanes) is 1. The SMILES string of the molecule is CCCCC(=O)c1c(C)cc(OCC)c(C)c1C. The van der Waals surface area contributed by atoms with Gasteiger partial charge in [-0.15, -0.1) is 0 Å². The van der Waals surface area contributed by atoms with Gasteiger partial charge in [0.15, 0.2) is 5.78 Å². The predicted molar refractivity (Wildman–Crippen MR) is 75.7 cm³/mol. The molecule has 0 amide bonds. The number of ether oxygens (including phenoxy) is 1. The van der Waals surface area contributed by atoms with Gasteiger partial charge in [-0.05, 0) is 56.9 Å². The molecule has 0 aliphatic heterocycles. The molecule has 1 aromatic carbocycles. The number of benzene rings is 1. The fourth-order valence-electron chi connectivity index (χ4n) is 2.24. The minimum absolute atomic E-state index is 0.262. The number of rotatable bonds is 6. The maximum absolute atomic E-state index is 12.2. The lowest BCUT2D eigenvalue weighted by atomic mass is 9.92. The summed E-state index contributed by atoms with van der Waals surface area (Å²) < 4.78 is 5.60. The van der Waals surface area contributed by atoms with Gasteiger partial charge in [0.1, 0.15) is 5.75 Å². The van der Waals surface area contributed by atoms with Crippen LogP contribution in [0.1, 0.15) is 60.2 Å². The van der Waals surface area contributed by atoms with Crippen molar-refractivity contribution in [3.05, 3.63) is 28.3 Å². The Labute approximate surface area is 110 Å². The highest BCUT2D eigenvalue weighted by Gasteiger charge is 2.16. The summed E-state index contributed by atoms with van der Waals surface area (Å²) in [6, 6.07) is 1.99. The van der Waals surface area contributed by atoms with Crippen LogP contribution >= 0.6 is 0 Å². The molecule has 0 aliphatic rings. The zero-order valence-electron chi connectivity index (χ0n) is 12.2. The first-order chi connectivity index (χ1) is 8.52. The van der Waals surface area contributed by atoms with Gasteiger partial charge >= 0.3 is 0 Å². The van der Waals surface area contributed by atoms with Crippen LogP contribution in [0.3, 0.4) is 0 Å². The molecule has 1 aromatic rings. The molecule has 0 aliphatic carbocycles. The molecule has 0 unspecified atom stereocenters. The molecule has 0 bridgehead atoms. The van der Waals surface area contributed by atoms with Crippen molar-refractivity contribution in [3.63, 3.8) is 0 Å². The lowest BCUT2D eigenvalue weighted by Crippen LogP contribution is -2.08. The Hall–Kier alpha value is -1.31. The zero-order valence-corrected chi connectivity index (χ0v) is 12.2. The first-order valence-corrected chi connectivity index (χ1v) is 6.79. The minimum Gasteiger partial charge on any atom is -0.494 e. The first-order valence-electron chi connectivity index (χ1n) is 6.79. The second-order valence-corrected chi connectivity index (χ2v) is 4.78. The summed E-state index contributed by atoms with van der Waals surface area (Å²) in [5.41, 5.74) is 4.08. The van der Waals surface area contributed by atoms with Gasteiger partial charge in [-0.2, -0.15) is 0 Å². The molecule has 18 heavy (non-hydrogen) atoms. The van der Waals surface area contributed by atoms with Gasteiger partial charge in [0, 0.05) is 12.0 Å². The van der Waals surface area contributed by atoms with E-state index in [0.29, 0.717) is 13.0 Å². The molecule has 0 saturated heterocycles. The van der Waals surface area contributed by atoms with Gasteiger partial charge in [-0.1, -0.05) is 13.3 Å². The van der Waals surface area contributed by atoms with Crippen molar-refractivity contribution in [1.29, 1.82) is 0 Å². The molecule has 0 atom stereocenters. The highest BCUT2D eigenvalue weighted by Crippen LogP contribution is 2.28. The van der Waals surface area contributed by atoms with Crippen LogP contribution in [-0.2, 0) is 0 Å². The van der Waals surface area contributed by atoms with Crippen LogP contribution in [-0.4, -0.2) is 12.4 Å². The summed E-state index contributed by atoms with van der Waals surface area (Å²) in [6.07, 6.45) is 2.66. The van der Waals surface area contributed by atoms with Crippen molar-refractivity contribution in [2.24, 2.45) is 0 Å². The Morgan fingerprint density at radius 2 is 1.83 bits per heavy atom. The standard InChI is InChI=1S/C16H24O2/c1-6-8-9-14(17)16-11(3)10-15(18-7-2)12(4)13(16)5/h10H,6-9H2,1-5H3. The normalized spacial score (nSPS) is 10.5. The number of Topliss-reactive ketones (excluding diaryl/α,β-unsaturated/α-hetero) is 1. The van der Waals surface area contributed by atoms with Crippen LogP contribution < -0.4 is 4.74 Å². The van der Waals surface area contributed by atoms with E-state index in [1.165, 1.54) is 0 Å². The third-order valence-corrected chi connectivity index (χ3v) is 3.39. The maximum Gasteiger partial charge on any atom is 0.163 e. The quantitative estimate of drug-likeness (QED) is 0.698. The van der Waals surface area contributed by atoms with E-state index in [0.717, 1.165) is 40.8 Å². The van der Waals surface area contributed by atoms with E-state index in [-0.39, 0.29) is 5.78 Å². The Morgan fingerprint density at radius 3 is 2.39 bits per heavy atom. The number of hydrogen-bond donors (Lipinski definition) is 0. The number of ketones is 1. The molecule has 0 saturated carbocycles. The van der Waals surface area contributed by atoms with E-state index in [1.54, 1.807) is 0 Å². The van der Waals surface area contributed by atoms with Crippen molar-refractivity contribution in [2.45, 2.75) is 53.9 Å². The highest BCUT2D eigenvalue weighted by atomic mass is 16.5. The lowest BCUT2D eigenvalue weighted by Gasteiger charge is -2.16. The molecular weight excluding hydrogens is 224 g/mol. The average Bonchev–Trinajstić information content (AvgIpc) is 2.33. The van der Waals surface area contributed by atoms with Crippen molar-refractivity contribution >= 4 is 5.78 Å². The van der Waals surface area contributed by atoms with Crippen molar-refractivity contribution in [2.75, 3.05) is 6.61 Å². The topological polar surface area (TPSA) is 26.3 Å². The molecule has 1 rings (SSSR count). The summed E-state index contributed by atoms with van der Waals surface area (Å²) in [5, 5.41) is 0. The molecule has 0 spiro atoms.